The van der Waals surface area contributed by atoms with E-state index in [0.29, 0.717) is 47.8 Å². The largest absolute Gasteiger partial charge is 0.408 e. The summed E-state index contributed by atoms with van der Waals surface area (Å²) in [5, 5.41) is 15.1. The van der Waals surface area contributed by atoms with Crippen LogP contribution in [-0.4, -0.2) is 68.8 Å². The molecule has 4 aromatic rings. The van der Waals surface area contributed by atoms with Gasteiger partial charge in [0.05, 0.1) is 5.52 Å². The van der Waals surface area contributed by atoms with Crippen LogP contribution in [0.1, 0.15) is 42.2 Å². The number of nitrogens with one attached hydrogen (secondary N) is 2. The van der Waals surface area contributed by atoms with E-state index in [1.54, 1.807) is 35.7 Å². The zero-order valence-corrected chi connectivity index (χ0v) is 20.8. The van der Waals surface area contributed by atoms with Crippen LogP contribution in [0.4, 0.5) is 13.2 Å². The Hall–Kier alpha value is -3.57. The van der Waals surface area contributed by atoms with Gasteiger partial charge in [0.25, 0.3) is 5.91 Å². The topological polar surface area (TPSA) is 87.4 Å². The molecule has 0 spiro atoms. The average molecular weight is 512 g/mol. The van der Waals surface area contributed by atoms with Crippen molar-refractivity contribution in [1.82, 2.24) is 35.1 Å². The fraction of sp³-hybridized carbons (Fsp3) is 0.385. The standard InChI is InChI=1S/C26H28F3N7O/c1-15(2)31-25(37)17-5-4-16-6-8-20(32-21(16)12-17)24-34-33-22-9-7-18(13-36(22)24)23(26(27,28)29)35-11-10-19(14-35)30-3/h4-9,12-13,15,19,23,30H,10-11,14H2,1-3H3,(H,31,37). The normalized spacial score (nSPS) is 17.6. The minimum Gasteiger partial charge on any atom is -0.350 e. The first-order valence-electron chi connectivity index (χ1n) is 12.2. The monoisotopic (exact) mass is 511 g/mol. The number of benzene rings is 1. The van der Waals surface area contributed by atoms with Crippen molar-refractivity contribution in [2.45, 2.75) is 44.6 Å². The highest BCUT2D eigenvalue weighted by Gasteiger charge is 2.46. The molecule has 2 atom stereocenters. The number of halogens is 3. The second kappa shape index (κ2) is 9.71. The summed E-state index contributed by atoms with van der Waals surface area (Å²) in [6.45, 7) is 4.42. The van der Waals surface area contributed by atoms with Gasteiger partial charge in [0.15, 0.2) is 11.5 Å². The van der Waals surface area contributed by atoms with E-state index in [-0.39, 0.29) is 23.6 Å². The lowest BCUT2D eigenvalue weighted by molar-refractivity contribution is -0.184. The molecule has 1 fully saturated rings. The van der Waals surface area contributed by atoms with E-state index in [2.05, 4.69) is 25.8 Å². The average Bonchev–Trinajstić information content (AvgIpc) is 3.49. The highest BCUT2D eigenvalue weighted by atomic mass is 19.4. The molecule has 1 saturated heterocycles. The quantitative estimate of drug-likeness (QED) is 0.407. The van der Waals surface area contributed by atoms with Gasteiger partial charge in [0, 0.05) is 42.3 Å². The SMILES string of the molecule is CNC1CCN(C(c2ccc3nnc(-c4ccc5ccc(C(=O)NC(C)C)cc5n4)n3c2)C(F)(F)F)C1. The van der Waals surface area contributed by atoms with Gasteiger partial charge in [-0.1, -0.05) is 18.2 Å². The highest BCUT2D eigenvalue weighted by Crippen LogP contribution is 2.39. The number of alkyl halides is 3. The molecular weight excluding hydrogens is 483 g/mol. The Morgan fingerprint density at radius 3 is 2.59 bits per heavy atom. The first-order valence-corrected chi connectivity index (χ1v) is 12.2. The van der Waals surface area contributed by atoms with Crippen LogP contribution in [0.15, 0.2) is 48.7 Å². The van der Waals surface area contributed by atoms with Gasteiger partial charge in [-0.2, -0.15) is 13.2 Å². The number of amides is 1. The number of carbonyl (C=O) groups excluding carboxylic acids is 1. The lowest BCUT2D eigenvalue weighted by Gasteiger charge is -2.30. The zero-order valence-electron chi connectivity index (χ0n) is 20.8. The zero-order chi connectivity index (χ0) is 26.3. The fourth-order valence-electron chi connectivity index (χ4n) is 4.84. The third kappa shape index (κ3) is 5.01. The minimum absolute atomic E-state index is 0.00996. The summed E-state index contributed by atoms with van der Waals surface area (Å²) in [6.07, 6.45) is -2.34. The molecule has 194 valence electrons. The lowest BCUT2D eigenvalue weighted by Crippen LogP contribution is -2.39. The molecule has 0 bridgehead atoms. The van der Waals surface area contributed by atoms with Crippen LogP contribution in [0.5, 0.6) is 0 Å². The van der Waals surface area contributed by atoms with Crippen molar-refractivity contribution in [3.8, 4) is 11.5 Å². The van der Waals surface area contributed by atoms with Gasteiger partial charge >= 0.3 is 6.18 Å². The molecule has 37 heavy (non-hydrogen) atoms. The summed E-state index contributed by atoms with van der Waals surface area (Å²) in [5.41, 5.74) is 2.02. The summed E-state index contributed by atoms with van der Waals surface area (Å²) in [6, 6.07) is 10.1. The number of fused-ring (bicyclic) bond motifs is 2. The van der Waals surface area contributed by atoms with E-state index in [0.717, 1.165) is 5.39 Å². The summed E-state index contributed by atoms with van der Waals surface area (Å²) in [4.78, 5) is 18.6. The van der Waals surface area contributed by atoms with Crippen LogP contribution in [0.2, 0.25) is 0 Å². The van der Waals surface area contributed by atoms with Gasteiger partial charge in [-0.15, -0.1) is 10.2 Å². The Labute approximate surface area is 211 Å². The maximum atomic E-state index is 14.2. The van der Waals surface area contributed by atoms with Crippen LogP contribution < -0.4 is 10.6 Å². The van der Waals surface area contributed by atoms with Gasteiger partial charge in [-0.3, -0.25) is 14.1 Å². The molecule has 2 unspecified atom stereocenters. The smallest absolute Gasteiger partial charge is 0.350 e. The molecule has 0 saturated carbocycles. The van der Waals surface area contributed by atoms with Crippen LogP contribution in [-0.2, 0) is 0 Å². The van der Waals surface area contributed by atoms with Crippen molar-refractivity contribution in [2.75, 3.05) is 20.1 Å². The first-order chi connectivity index (χ1) is 17.6. The van der Waals surface area contributed by atoms with Crippen molar-refractivity contribution in [1.29, 1.82) is 0 Å². The van der Waals surface area contributed by atoms with E-state index < -0.39 is 12.2 Å². The van der Waals surface area contributed by atoms with E-state index in [9.17, 15) is 18.0 Å². The van der Waals surface area contributed by atoms with E-state index in [4.69, 9.17) is 0 Å². The Balaban J connectivity index is 1.54. The molecule has 2 N–H and O–H groups in total. The fourth-order valence-corrected chi connectivity index (χ4v) is 4.84. The molecule has 1 amide bonds. The van der Waals surface area contributed by atoms with Gasteiger partial charge in [-0.05, 0) is 57.1 Å². The number of pyridine rings is 2. The molecule has 1 aliphatic heterocycles. The van der Waals surface area contributed by atoms with Crippen molar-refractivity contribution in [3.63, 3.8) is 0 Å². The van der Waals surface area contributed by atoms with Gasteiger partial charge in [-0.25, -0.2) is 4.98 Å². The molecule has 4 heterocycles. The molecule has 3 aromatic heterocycles. The molecule has 5 rings (SSSR count). The molecule has 1 aromatic carbocycles. The molecular formula is C26H28F3N7O. The Morgan fingerprint density at radius 2 is 1.89 bits per heavy atom. The molecule has 0 radical (unpaired) electrons. The molecule has 11 heteroatoms. The van der Waals surface area contributed by atoms with Crippen LogP contribution in [0, 0.1) is 0 Å². The first kappa shape index (κ1) is 25.1. The molecule has 8 nitrogen and oxygen atoms in total. The van der Waals surface area contributed by atoms with E-state index in [1.165, 1.54) is 17.2 Å². The van der Waals surface area contributed by atoms with Gasteiger partial charge < -0.3 is 10.6 Å². The Bertz CT molecular complexity index is 1450. The number of rotatable bonds is 6. The Kier molecular flexibility index (Phi) is 6.59. The number of aromatic nitrogens is 4. The molecule has 0 aliphatic carbocycles. The maximum absolute atomic E-state index is 14.2. The van der Waals surface area contributed by atoms with Crippen LogP contribution in [0.25, 0.3) is 28.1 Å². The highest BCUT2D eigenvalue weighted by molar-refractivity contribution is 5.98. The molecule has 1 aliphatic rings. The van der Waals surface area contributed by atoms with Crippen molar-refractivity contribution >= 4 is 22.5 Å². The second-order valence-corrected chi connectivity index (χ2v) is 9.66. The number of carbonyl (C=O) groups is 1. The summed E-state index contributed by atoms with van der Waals surface area (Å²) in [5.74, 6) is 0.119. The van der Waals surface area contributed by atoms with Crippen molar-refractivity contribution < 1.29 is 18.0 Å². The van der Waals surface area contributed by atoms with Gasteiger partial charge in [0.2, 0.25) is 0 Å². The van der Waals surface area contributed by atoms with Crippen LogP contribution in [0.3, 0.4) is 0 Å². The third-order valence-corrected chi connectivity index (χ3v) is 6.65. The maximum Gasteiger partial charge on any atom is 0.408 e. The van der Waals surface area contributed by atoms with Crippen LogP contribution >= 0.6 is 0 Å². The number of hydrogen-bond donors (Lipinski definition) is 2. The van der Waals surface area contributed by atoms with E-state index >= 15 is 0 Å². The second-order valence-electron chi connectivity index (χ2n) is 9.66. The third-order valence-electron chi connectivity index (χ3n) is 6.65. The predicted octanol–water partition coefficient (Wildman–Crippen LogP) is 3.98. The lowest BCUT2D eigenvalue weighted by atomic mass is 10.1. The number of likely N-dealkylation sites (N-methyl/N-ethyl adjacent to an activating group) is 1. The summed E-state index contributed by atoms with van der Waals surface area (Å²) < 4.78 is 44.3. The predicted molar refractivity (Wildman–Crippen MR) is 134 cm³/mol. The van der Waals surface area contributed by atoms with Gasteiger partial charge in [0.1, 0.15) is 11.7 Å². The summed E-state index contributed by atoms with van der Waals surface area (Å²) >= 11 is 0. The number of nitrogens with zero attached hydrogens (tertiary/aromatic N) is 5. The number of hydrogen-bond acceptors (Lipinski definition) is 6. The van der Waals surface area contributed by atoms with Crippen molar-refractivity contribution in [2.24, 2.45) is 0 Å². The van der Waals surface area contributed by atoms with Crippen molar-refractivity contribution in [3.05, 3.63) is 59.8 Å². The van der Waals surface area contributed by atoms with E-state index in [1.807, 2.05) is 26.0 Å². The minimum atomic E-state index is -4.45. The Morgan fingerprint density at radius 1 is 1.11 bits per heavy atom. The summed E-state index contributed by atoms with van der Waals surface area (Å²) in [7, 11) is 1.77. The number of likely N-dealkylation sites (tertiary alicyclic amines) is 1.